The van der Waals surface area contributed by atoms with Gasteiger partial charge in [-0.2, -0.15) is 0 Å². The Hall–Kier alpha value is -3.00. The van der Waals surface area contributed by atoms with E-state index < -0.39 is 6.10 Å². The van der Waals surface area contributed by atoms with Crippen LogP contribution in [-0.2, 0) is 6.42 Å². The number of amides is 1. The molecule has 0 radical (unpaired) electrons. The number of hydrogen-bond donors (Lipinski definition) is 2. The van der Waals surface area contributed by atoms with Gasteiger partial charge in [-0.1, -0.05) is 35.5 Å². The van der Waals surface area contributed by atoms with Crippen LogP contribution in [0.5, 0.6) is 0 Å². The zero-order chi connectivity index (χ0) is 16.9. The van der Waals surface area contributed by atoms with Crippen molar-refractivity contribution < 1.29 is 18.8 Å². The van der Waals surface area contributed by atoms with Gasteiger partial charge in [0.2, 0.25) is 11.8 Å². The zero-order valence-corrected chi connectivity index (χ0v) is 13.0. The Morgan fingerprint density at radius 3 is 2.79 bits per heavy atom. The van der Waals surface area contributed by atoms with Crippen molar-refractivity contribution in [3.63, 3.8) is 0 Å². The summed E-state index contributed by atoms with van der Waals surface area (Å²) in [6, 6.07) is 11.0. The molecule has 2 N–H and O–H groups in total. The van der Waals surface area contributed by atoms with Crippen molar-refractivity contribution in [3.8, 4) is 11.3 Å². The fourth-order valence-corrected chi connectivity index (χ4v) is 2.03. The maximum absolute atomic E-state index is 12.1. The second-order valence-electron chi connectivity index (χ2n) is 5.16. The summed E-state index contributed by atoms with van der Waals surface area (Å²) in [5, 5.41) is 23.3. The van der Waals surface area contributed by atoms with Crippen molar-refractivity contribution in [2.75, 3.05) is 6.54 Å². The van der Waals surface area contributed by atoms with Crippen LogP contribution < -0.4 is 5.32 Å². The van der Waals surface area contributed by atoms with Crippen LogP contribution in [0.2, 0.25) is 0 Å². The van der Waals surface area contributed by atoms with Gasteiger partial charge in [-0.05, 0) is 6.92 Å². The first-order chi connectivity index (χ1) is 11.6. The molecular weight excluding hydrogens is 312 g/mol. The lowest BCUT2D eigenvalue weighted by Crippen LogP contribution is -2.26. The molecule has 24 heavy (non-hydrogen) atoms. The van der Waals surface area contributed by atoms with Gasteiger partial charge in [-0.15, -0.1) is 10.2 Å². The predicted molar refractivity (Wildman–Crippen MR) is 82.9 cm³/mol. The van der Waals surface area contributed by atoms with E-state index in [1.807, 2.05) is 30.3 Å². The topological polar surface area (TPSA) is 114 Å². The molecule has 0 aliphatic rings. The minimum absolute atomic E-state index is 0.153. The van der Waals surface area contributed by atoms with E-state index in [9.17, 15) is 9.90 Å². The molecule has 0 fully saturated rings. The summed E-state index contributed by atoms with van der Waals surface area (Å²) in [5.74, 6) is 0.673. The van der Waals surface area contributed by atoms with Crippen molar-refractivity contribution in [3.05, 3.63) is 53.9 Å². The van der Waals surface area contributed by atoms with Crippen LogP contribution in [0.1, 0.15) is 35.3 Å². The highest BCUT2D eigenvalue weighted by Gasteiger charge is 2.14. The third kappa shape index (κ3) is 3.66. The number of aliphatic hydroxyl groups excluding tert-OH is 1. The number of benzene rings is 1. The molecule has 8 nitrogen and oxygen atoms in total. The van der Waals surface area contributed by atoms with E-state index in [4.69, 9.17) is 8.94 Å². The highest BCUT2D eigenvalue weighted by molar-refractivity contribution is 5.93. The summed E-state index contributed by atoms with van der Waals surface area (Å²) < 4.78 is 10.4. The number of aromatic nitrogens is 3. The first kappa shape index (κ1) is 15.9. The van der Waals surface area contributed by atoms with Gasteiger partial charge in [-0.25, -0.2) is 0 Å². The first-order valence-corrected chi connectivity index (χ1v) is 7.44. The predicted octanol–water partition coefficient (Wildman–Crippen LogP) is 1.75. The number of carbonyl (C=O) groups excluding carboxylic acids is 1. The van der Waals surface area contributed by atoms with Gasteiger partial charge >= 0.3 is 0 Å². The molecule has 124 valence electrons. The second-order valence-corrected chi connectivity index (χ2v) is 5.16. The minimum atomic E-state index is -0.813. The smallest absolute Gasteiger partial charge is 0.273 e. The van der Waals surface area contributed by atoms with Crippen molar-refractivity contribution in [2.45, 2.75) is 19.4 Å². The molecule has 3 aromatic rings. The summed E-state index contributed by atoms with van der Waals surface area (Å²) in [7, 11) is 0. The molecule has 0 aliphatic heterocycles. The Kier molecular flexibility index (Phi) is 4.66. The van der Waals surface area contributed by atoms with Gasteiger partial charge in [0.25, 0.3) is 5.91 Å². The molecule has 3 rings (SSSR count). The van der Waals surface area contributed by atoms with E-state index in [0.717, 1.165) is 5.56 Å². The average Bonchev–Trinajstić information content (AvgIpc) is 3.25. The van der Waals surface area contributed by atoms with Crippen LogP contribution in [0.3, 0.4) is 0 Å². The molecule has 0 bridgehead atoms. The maximum atomic E-state index is 12.1. The van der Waals surface area contributed by atoms with Gasteiger partial charge in [0, 0.05) is 24.6 Å². The van der Waals surface area contributed by atoms with E-state index in [0.29, 0.717) is 24.6 Å². The Bertz CT molecular complexity index is 810. The largest absolute Gasteiger partial charge is 0.422 e. The Morgan fingerprint density at radius 1 is 1.29 bits per heavy atom. The molecule has 0 unspecified atom stereocenters. The Morgan fingerprint density at radius 2 is 2.08 bits per heavy atom. The molecule has 1 atom stereocenters. The molecule has 0 saturated carbocycles. The summed E-state index contributed by atoms with van der Waals surface area (Å²) in [4.78, 5) is 12.1. The average molecular weight is 328 g/mol. The SMILES string of the molecule is C[C@@H](O)c1nnc(CCNC(=O)c2cc(-c3ccccc3)on2)o1. The minimum Gasteiger partial charge on any atom is -0.422 e. The molecular formula is C16H16N4O4. The lowest BCUT2D eigenvalue weighted by Gasteiger charge is -1.99. The van der Waals surface area contributed by atoms with Crippen molar-refractivity contribution in [2.24, 2.45) is 0 Å². The number of aliphatic hydroxyl groups is 1. The summed E-state index contributed by atoms with van der Waals surface area (Å²) in [6.45, 7) is 1.84. The van der Waals surface area contributed by atoms with Crippen LogP contribution in [-0.4, -0.2) is 32.9 Å². The molecule has 2 heterocycles. The molecule has 0 spiro atoms. The molecule has 8 heteroatoms. The third-order valence-corrected chi connectivity index (χ3v) is 3.27. The molecule has 1 amide bonds. The summed E-state index contributed by atoms with van der Waals surface area (Å²) >= 11 is 0. The quantitative estimate of drug-likeness (QED) is 0.708. The van der Waals surface area contributed by atoms with Crippen LogP contribution in [0.4, 0.5) is 0 Å². The van der Waals surface area contributed by atoms with Crippen LogP contribution >= 0.6 is 0 Å². The lowest BCUT2D eigenvalue weighted by molar-refractivity contribution is 0.0944. The first-order valence-electron chi connectivity index (χ1n) is 7.44. The maximum Gasteiger partial charge on any atom is 0.273 e. The molecule has 2 aromatic heterocycles. The Balaban J connectivity index is 1.54. The summed E-state index contributed by atoms with van der Waals surface area (Å²) in [5.41, 5.74) is 1.05. The number of nitrogens with zero attached hydrogens (tertiary/aromatic N) is 3. The van der Waals surface area contributed by atoms with E-state index in [2.05, 4.69) is 20.7 Å². The number of carbonyl (C=O) groups is 1. The summed E-state index contributed by atoms with van der Waals surface area (Å²) in [6.07, 6.45) is -0.457. The Labute approximate surface area is 137 Å². The lowest BCUT2D eigenvalue weighted by atomic mass is 10.1. The number of nitrogens with one attached hydrogen (secondary N) is 1. The van der Waals surface area contributed by atoms with E-state index in [-0.39, 0.29) is 17.5 Å². The fraction of sp³-hybridized carbons (Fsp3) is 0.250. The second kappa shape index (κ2) is 7.05. The standard InChI is InChI=1S/C16H16N4O4/c1-10(21)16-19-18-14(23-16)7-8-17-15(22)12-9-13(24-20-12)11-5-3-2-4-6-11/h2-6,9-10,21H,7-8H2,1H3,(H,17,22)/t10-/m1/s1. The monoisotopic (exact) mass is 328 g/mol. The van der Waals surface area contributed by atoms with Crippen LogP contribution in [0.15, 0.2) is 45.3 Å². The van der Waals surface area contributed by atoms with Gasteiger partial charge in [0.05, 0.1) is 0 Å². The van der Waals surface area contributed by atoms with Gasteiger partial charge < -0.3 is 19.4 Å². The third-order valence-electron chi connectivity index (χ3n) is 3.27. The zero-order valence-electron chi connectivity index (χ0n) is 13.0. The molecule has 0 saturated heterocycles. The van der Waals surface area contributed by atoms with Crippen LogP contribution in [0.25, 0.3) is 11.3 Å². The van der Waals surface area contributed by atoms with Gasteiger partial charge in [0.15, 0.2) is 11.5 Å². The van der Waals surface area contributed by atoms with Crippen molar-refractivity contribution in [1.29, 1.82) is 0 Å². The fourth-order valence-electron chi connectivity index (χ4n) is 2.03. The molecule has 0 aliphatic carbocycles. The van der Waals surface area contributed by atoms with E-state index in [1.54, 1.807) is 6.07 Å². The van der Waals surface area contributed by atoms with Gasteiger partial charge in [-0.3, -0.25) is 4.79 Å². The normalized spacial score (nSPS) is 12.1. The number of hydrogen-bond acceptors (Lipinski definition) is 7. The highest BCUT2D eigenvalue weighted by atomic mass is 16.5. The van der Waals surface area contributed by atoms with Crippen molar-refractivity contribution in [1.82, 2.24) is 20.7 Å². The van der Waals surface area contributed by atoms with Gasteiger partial charge in [0.1, 0.15) is 6.10 Å². The highest BCUT2D eigenvalue weighted by Crippen LogP contribution is 2.19. The number of rotatable bonds is 6. The molecule has 1 aromatic carbocycles. The van der Waals surface area contributed by atoms with E-state index >= 15 is 0 Å². The van der Waals surface area contributed by atoms with Crippen molar-refractivity contribution >= 4 is 5.91 Å². The van der Waals surface area contributed by atoms with Crippen LogP contribution in [0, 0.1) is 0 Å². The van der Waals surface area contributed by atoms with E-state index in [1.165, 1.54) is 6.92 Å².